The molecule has 0 amide bonds. The molecule has 0 saturated heterocycles. The standard InChI is InChI=1S/C10H9NO.C6H7NO/c11-9-6-5-7-3-1-2-4-8(7)10(9)12;7-5-3-1-2-4-6(5)8/h1-6,12H,11H2;1-4,8H,7H2. The van der Waals surface area contributed by atoms with Crippen molar-refractivity contribution in [1.82, 2.24) is 0 Å². The number of hydrogen-bond acceptors (Lipinski definition) is 4. The third-order valence-corrected chi connectivity index (χ3v) is 2.87. The van der Waals surface area contributed by atoms with Gasteiger partial charge in [0.1, 0.15) is 11.5 Å². The van der Waals surface area contributed by atoms with Crippen molar-refractivity contribution in [2.24, 2.45) is 0 Å². The van der Waals surface area contributed by atoms with Gasteiger partial charge in [-0.1, -0.05) is 42.5 Å². The monoisotopic (exact) mass is 268 g/mol. The molecule has 20 heavy (non-hydrogen) atoms. The van der Waals surface area contributed by atoms with Crippen LogP contribution < -0.4 is 11.5 Å². The van der Waals surface area contributed by atoms with Crippen LogP contribution in [0.25, 0.3) is 10.8 Å². The van der Waals surface area contributed by atoms with E-state index in [1.54, 1.807) is 30.3 Å². The molecular weight excluding hydrogens is 252 g/mol. The lowest BCUT2D eigenvalue weighted by molar-refractivity contribution is 0.478. The maximum Gasteiger partial charge on any atom is 0.146 e. The highest BCUT2D eigenvalue weighted by atomic mass is 16.3. The summed E-state index contributed by atoms with van der Waals surface area (Å²) in [5.41, 5.74) is 11.7. The van der Waals surface area contributed by atoms with Gasteiger partial charge in [-0.05, 0) is 23.6 Å². The first-order chi connectivity index (χ1) is 9.59. The lowest BCUT2D eigenvalue weighted by Gasteiger charge is -2.02. The zero-order valence-electron chi connectivity index (χ0n) is 10.8. The number of anilines is 2. The van der Waals surface area contributed by atoms with Crippen LogP contribution in [-0.2, 0) is 0 Å². The van der Waals surface area contributed by atoms with Gasteiger partial charge in [-0.3, -0.25) is 0 Å². The normalized spacial score (nSPS) is 9.80. The van der Waals surface area contributed by atoms with Gasteiger partial charge >= 0.3 is 0 Å². The molecule has 102 valence electrons. The van der Waals surface area contributed by atoms with Crippen LogP contribution in [0.2, 0.25) is 0 Å². The summed E-state index contributed by atoms with van der Waals surface area (Å²) in [6.45, 7) is 0. The van der Waals surface area contributed by atoms with Crippen molar-refractivity contribution in [1.29, 1.82) is 0 Å². The van der Waals surface area contributed by atoms with Gasteiger partial charge in [0.05, 0.1) is 11.4 Å². The number of para-hydroxylation sites is 2. The Morgan fingerprint density at radius 1 is 0.650 bits per heavy atom. The highest BCUT2D eigenvalue weighted by Crippen LogP contribution is 2.29. The molecule has 0 aliphatic heterocycles. The van der Waals surface area contributed by atoms with Crippen molar-refractivity contribution in [3.05, 3.63) is 60.7 Å². The van der Waals surface area contributed by atoms with E-state index in [0.717, 1.165) is 10.8 Å². The molecule has 0 bridgehead atoms. The topological polar surface area (TPSA) is 92.5 Å². The first kappa shape index (κ1) is 13.5. The number of hydrogen-bond donors (Lipinski definition) is 4. The summed E-state index contributed by atoms with van der Waals surface area (Å²) in [5, 5.41) is 20.1. The fraction of sp³-hybridized carbons (Fsp3) is 0. The van der Waals surface area contributed by atoms with Crippen molar-refractivity contribution in [3.63, 3.8) is 0 Å². The number of aromatic hydroxyl groups is 2. The Kier molecular flexibility index (Phi) is 3.96. The highest BCUT2D eigenvalue weighted by Gasteiger charge is 2.00. The molecule has 0 aliphatic rings. The molecule has 0 unspecified atom stereocenters. The van der Waals surface area contributed by atoms with E-state index in [1.165, 1.54) is 0 Å². The van der Waals surface area contributed by atoms with Crippen molar-refractivity contribution < 1.29 is 10.2 Å². The largest absolute Gasteiger partial charge is 0.506 e. The van der Waals surface area contributed by atoms with Crippen LogP contribution in [0.5, 0.6) is 11.5 Å². The highest BCUT2D eigenvalue weighted by molar-refractivity contribution is 5.92. The third kappa shape index (κ3) is 2.92. The van der Waals surface area contributed by atoms with Crippen LogP contribution in [0.1, 0.15) is 0 Å². The number of nitrogen functional groups attached to an aromatic ring is 2. The van der Waals surface area contributed by atoms with E-state index in [2.05, 4.69) is 0 Å². The van der Waals surface area contributed by atoms with Crippen molar-refractivity contribution in [2.75, 3.05) is 11.5 Å². The van der Waals surface area contributed by atoms with E-state index >= 15 is 0 Å². The van der Waals surface area contributed by atoms with Crippen molar-refractivity contribution >= 4 is 22.1 Å². The molecule has 0 aliphatic carbocycles. The van der Waals surface area contributed by atoms with E-state index < -0.39 is 0 Å². The molecule has 4 nitrogen and oxygen atoms in total. The SMILES string of the molecule is Nc1ccc2ccccc2c1O.Nc1ccccc1O. The number of fused-ring (bicyclic) bond motifs is 1. The van der Waals surface area contributed by atoms with E-state index in [-0.39, 0.29) is 11.5 Å². The molecule has 0 aromatic heterocycles. The zero-order chi connectivity index (χ0) is 14.5. The smallest absolute Gasteiger partial charge is 0.146 e. The molecule has 3 aromatic carbocycles. The summed E-state index contributed by atoms with van der Waals surface area (Å²) in [5.74, 6) is 0.320. The Morgan fingerprint density at radius 2 is 1.30 bits per heavy atom. The molecule has 3 rings (SSSR count). The molecular formula is C16H16N2O2. The van der Waals surface area contributed by atoms with Crippen LogP contribution >= 0.6 is 0 Å². The van der Waals surface area contributed by atoms with E-state index in [4.69, 9.17) is 16.6 Å². The van der Waals surface area contributed by atoms with Gasteiger partial charge in [-0.15, -0.1) is 0 Å². The molecule has 0 spiro atoms. The molecule has 3 aromatic rings. The van der Waals surface area contributed by atoms with Crippen LogP contribution in [0.4, 0.5) is 11.4 Å². The fourth-order valence-corrected chi connectivity index (χ4v) is 1.76. The Balaban J connectivity index is 0.000000160. The predicted octanol–water partition coefficient (Wildman–Crippen LogP) is 3.10. The zero-order valence-corrected chi connectivity index (χ0v) is 10.8. The molecule has 0 saturated carbocycles. The molecule has 6 N–H and O–H groups in total. The number of nitrogens with two attached hydrogens (primary N) is 2. The van der Waals surface area contributed by atoms with Gasteiger partial charge in [-0.2, -0.15) is 0 Å². The summed E-state index contributed by atoms with van der Waals surface area (Å²) >= 11 is 0. The first-order valence-electron chi connectivity index (χ1n) is 6.09. The van der Waals surface area contributed by atoms with Gasteiger partial charge in [0.2, 0.25) is 0 Å². The second-order valence-electron chi connectivity index (χ2n) is 4.28. The average Bonchev–Trinajstić information content (AvgIpc) is 2.47. The van der Waals surface area contributed by atoms with E-state index in [0.29, 0.717) is 11.4 Å². The molecule has 4 heteroatoms. The van der Waals surface area contributed by atoms with Gasteiger partial charge in [0.25, 0.3) is 0 Å². The van der Waals surface area contributed by atoms with Crippen LogP contribution in [0.15, 0.2) is 60.7 Å². The van der Waals surface area contributed by atoms with Crippen molar-refractivity contribution in [2.45, 2.75) is 0 Å². The maximum atomic E-state index is 9.53. The Hall–Kier alpha value is -2.88. The Morgan fingerprint density at radius 3 is 1.95 bits per heavy atom. The average molecular weight is 268 g/mol. The lowest BCUT2D eigenvalue weighted by Crippen LogP contribution is -1.85. The maximum absolute atomic E-state index is 9.53. The fourth-order valence-electron chi connectivity index (χ4n) is 1.76. The van der Waals surface area contributed by atoms with Gasteiger partial charge in [-0.25, -0.2) is 0 Å². The molecule has 0 fully saturated rings. The third-order valence-electron chi connectivity index (χ3n) is 2.87. The predicted molar refractivity (Wildman–Crippen MR) is 82.5 cm³/mol. The molecule has 0 heterocycles. The molecule has 0 atom stereocenters. The number of benzene rings is 3. The van der Waals surface area contributed by atoms with E-state index in [1.807, 2.05) is 30.3 Å². The second-order valence-corrected chi connectivity index (χ2v) is 4.28. The van der Waals surface area contributed by atoms with Gasteiger partial charge in [0.15, 0.2) is 0 Å². The summed E-state index contributed by atoms with van der Waals surface area (Å²) in [4.78, 5) is 0. The minimum atomic E-state index is 0.146. The van der Waals surface area contributed by atoms with Crippen LogP contribution in [0, 0.1) is 0 Å². The Labute approximate surface area is 116 Å². The number of phenols is 2. The summed E-state index contributed by atoms with van der Waals surface area (Å²) < 4.78 is 0. The quantitative estimate of drug-likeness (QED) is 0.372. The minimum absolute atomic E-state index is 0.146. The van der Waals surface area contributed by atoms with Crippen LogP contribution in [-0.4, -0.2) is 10.2 Å². The van der Waals surface area contributed by atoms with Crippen molar-refractivity contribution in [3.8, 4) is 11.5 Å². The van der Waals surface area contributed by atoms with Gasteiger partial charge in [0, 0.05) is 5.39 Å². The van der Waals surface area contributed by atoms with E-state index in [9.17, 15) is 5.11 Å². The number of phenolic OH excluding ortho intramolecular Hbond substituents is 2. The molecule has 0 radical (unpaired) electrons. The Bertz CT molecular complexity index is 705. The first-order valence-corrected chi connectivity index (χ1v) is 6.09. The lowest BCUT2D eigenvalue weighted by atomic mass is 10.1. The number of rotatable bonds is 0. The minimum Gasteiger partial charge on any atom is -0.506 e. The van der Waals surface area contributed by atoms with Crippen LogP contribution in [0.3, 0.4) is 0 Å². The summed E-state index contributed by atoms with van der Waals surface area (Å²) in [6.07, 6.45) is 0. The van der Waals surface area contributed by atoms with Gasteiger partial charge < -0.3 is 21.7 Å². The summed E-state index contributed by atoms with van der Waals surface area (Å²) in [6, 6.07) is 17.9. The second kappa shape index (κ2) is 5.84. The summed E-state index contributed by atoms with van der Waals surface area (Å²) in [7, 11) is 0.